The summed E-state index contributed by atoms with van der Waals surface area (Å²) in [5, 5.41) is 3.05. The van der Waals surface area contributed by atoms with Crippen molar-refractivity contribution in [2.45, 2.75) is 17.1 Å². The first-order chi connectivity index (χ1) is 11.7. The molecule has 4 nitrogen and oxygen atoms in total. The molecule has 1 aromatic heterocycles. The molecule has 3 aromatic rings. The van der Waals surface area contributed by atoms with Crippen LogP contribution in [0.2, 0.25) is 0 Å². The van der Waals surface area contributed by atoms with Gasteiger partial charge in [-0.25, -0.2) is 4.98 Å². The van der Waals surface area contributed by atoms with Crippen molar-refractivity contribution >= 4 is 46.2 Å². The van der Waals surface area contributed by atoms with Crippen molar-refractivity contribution in [3.63, 3.8) is 0 Å². The van der Waals surface area contributed by atoms with Crippen LogP contribution in [0.5, 0.6) is 0 Å². The highest BCUT2D eigenvalue weighted by molar-refractivity contribution is 8.00. The van der Waals surface area contributed by atoms with Gasteiger partial charge >= 0.3 is 0 Å². The third-order valence-electron chi connectivity index (χ3n) is 3.63. The second kappa shape index (κ2) is 7.77. The fourth-order valence-electron chi connectivity index (χ4n) is 2.32. The number of thioether (sulfide) groups is 2. The van der Waals surface area contributed by atoms with Crippen molar-refractivity contribution in [2.75, 3.05) is 17.3 Å². The third-order valence-corrected chi connectivity index (χ3v) is 5.53. The molecule has 0 bridgehead atoms. The van der Waals surface area contributed by atoms with Crippen molar-refractivity contribution < 1.29 is 4.79 Å². The number of hydrogen-bond acceptors (Lipinski definition) is 4. The molecule has 0 aliphatic rings. The van der Waals surface area contributed by atoms with Gasteiger partial charge in [0.05, 0.1) is 22.0 Å². The van der Waals surface area contributed by atoms with Gasteiger partial charge in [-0.15, -0.1) is 23.5 Å². The number of hydrogen-bond donors (Lipinski definition) is 2. The van der Waals surface area contributed by atoms with Crippen LogP contribution in [0, 0.1) is 0 Å². The van der Waals surface area contributed by atoms with E-state index in [1.165, 1.54) is 4.90 Å². The Morgan fingerprint density at radius 1 is 1.21 bits per heavy atom. The van der Waals surface area contributed by atoms with Crippen LogP contribution in [0.15, 0.2) is 53.4 Å². The summed E-state index contributed by atoms with van der Waals surface area (Å²) in [5.74, 6) is 1.29. The molecule has 2 N–H and O–H groups in total. The zero-order chi connectivity index (χ0) is 16.9. The number of nitrogens with one attached hydrogen (secondary N) is 2. The quantitative estimate of drug-likeness (QED) is 0.627. The summed E-state index contributed by atoms with van der Waals surface area (Å²) in [6.07, 6.45) is 2.03. The van der Waals surface area contributed by atoms with Crippen LogP contribution in [0.1, 0.15) is 18.0 Å². The predicted molar refractivity (Wildman–Crippen MR) is 104 cm³/mol. The fraction of sp³-hybridized carbons (Fsp3) is 0.222. The van der Waals surface area contributed by atoms with E-state index in [0.717, 1.165) is 22.5 Å². The molecule has 6 heteroatoms. The Hall–Kier alpha value is -1.92. The number of carbonyl (C=O) groups is 1. The Kier molecular flexibility index (Phi) is 5.48. The number of carbonyl (C=O) groups excluding carboxylic acids is 1. The summed E-state index contributed by atoms with van der Waals surface area (Å²) < 4.78 is 0. The highest BCUT2D eigenvalue weighted by Crippen LogP contribution is 2.27. The molecule has 0 saturated carbocycles. The zero-order valence-electron chi connectivity index (χ0n) is 13.6. The van der Waals surface area contributed by atoms with Gasteiger partial charge in [-0.2, -0.15) is 0 Å². The zero-order valence-corrected chi connectivity index (χ0v) is 15.2. The highest BCUT2D eigenvalue weighted by atomic mass is 32.2. The average molecular weight is 358 g/mol. The van der Waals surface area contributed by atoms with Gasteiger partial charge in [0.25, 0.3) is 0 Å². The molecule has 0 radical (unpaired) electrons. The lowest BCUT2D eigenvalue weighted by Gasteiger charge is -2.09. The number of amides is 1. The Morgan fingerprint density at radius 3 is 2.67 bits per heavy atom. The molecule has 0 aliphatic heterocycles. The predicted octanol–water partition coefficient (Wildman–Crippen LogP) is 4.72. The van der Waals surface area contributed by atoms with Gasteiger partial charge in [0.1, 0.15) is 5.82 Å². The maximum Gasteiger partial charge on any atom is 0.234 e. The number of anilines is 1. The summed E-state index contributed by atoms with van der Waals surface area (Å²) in [6, 6.07) is 15.8. The second-order valence-electron chi connectivity index (χ2n) is 5.37. The summed E-state index contributed by atoms with van der Waals surface area (Å²) in [4.78, 5) is 21.2. The molecule has 1 atom stereocenters. The summed E-state index contributed by atoms with van der Waals surface area (Å²) in [5.41, 5.74) is 2.81. The molecular formula is C18H19N3OS2. The van der Waals surface area contributed by atoms with Crippen LogP contribution in [-0.4, -0.2) is 27.9 Å². The number of nitrogens with zero attached hydrogens (tertiary/aromatic N) is 1. The molecule has 124 valence electrons. The highest BCUT2D eigenvalue weighted by Gasteiger charge is 2.13. The maximum absolute atomic E-state index is 12.1. The van der Waals surface area contributed by atoms with E-state index in [1.54, 1.807) is 23.5 Å². The van der Waals surface area contributed by atoms with Gasteiger partial charge < -0.3 is 10.3 Å². The number of imidazole rings is 1. The van der Waals surface area contributed by atoms with Gasteiger partial charge in [-0.1, -0.05) is 12.1 Å². The van der Waals surface area contributed by atoms with E-state index < -0.39 is 0 Å². The van der Waals surface area contributed by atoms with Crippen molar-refractivity contribution in [3.05, 3.63) is 54.4 Å². The van der Waals surface area contributed by atoms with Gasteiger partial charge in [-0.3, -0.25) is 4.79 Å². The maximum atomic E-state index is 12.1. The van der Waals surface area contributed by atoms with Crippen LogP contribution < -0.4 is 5.32 Å². The summed E-state index contributed by atoms with van der Waals surface area (Å²) in [7, 11) is 0. The van der Waals surface area contributed by atoms with Gasteiger partial charge in [0.15, 0.2) is 0 Å². The Balaban J connectivity index is 1.54. The largest absolute Gasteiger partial charge is 0.341 e. The number of rotatable bonds is 6. The monoisotopic (exact) mass is 357 g/mol. The lowest BCUT2D eigenvalue weighted by molar-refractivity contribution is -0.113. The molecule has 0 fully saturated rings. The van der Waals surface area contributed by atoms with Crippen LogP contribution in [-0.2, 0) is 4.79 Å². The molecule has 0 spiro atoms. The number of benzene rings is 2. The molecular weight excluding hydrogens is 338 g/mol. The smallest absolute Gasteiger partial charge is 0.234 e. The van der Waals surface area contributed by atoms with Gasteiger partial charge in [0, 0.05) is 10.6 Å². The normalized spacial score (nSPS) is 12.2. The summed E-state index contributed by atoms with van der Waals surface area (Å²) >= 11 is 3.25. The Labute approximate surface area is 149 Å². The number of para-hydroxylation sites is 2. The standard InChI is InChI=1S/C18H19N3OS2/c1-12(18-20-15-5-3-4-6-16(15)21-18)24-11-17(22)19-13-7-9-14(23-2)10-8-13/h3-10,12H,11H2,1-2H3,(H,19,22)(H,20,21)/t12-/m0/s1. The van der Waals surface area contributed by atoms with E-state index in [1.807, 2.05) is 54.8 Å². The second-order valence-corrected chi connectivity index (χ2v) is 7.58. The minimum Gasteiger partial charge on any atom is -0.341 e. The first-order valence-corrected chi connectivity index (χ1v) is 9.93. The van der Waals surface area contributed by atoms with Gasteiger partial charge in [0.2, 0.25) is 5.91 Å². The molecule has 1 amide bonds. The lowest BCUT2D eigenvalue weighted by atomic mass is 10.3. The van der Waals surface area contributed by atoms with Crippen LogP contribution in [0.25, 0.3) is 11.0 Å². The topological polar surface area (TPSA) is 57.8 Å². The van der Waals surface area contributed by atoms with Crippen LogP contribution >= 0.6 is 23.5 Å². The van der Waals surface area contributed by atoms with Crippen LogP contribution in [0.3, 0.4) is 0 Å². The average Bonchev–Trinajstić information content (AvgIpc) is 3.04. The Morgan fingerprint density at radius 2 is 1.96 bits per heavy atom. The summed E-state index contributed by atoms with van der Waals surface area (Å²) in [6.45, 7) is 2.06. The van der Waals surface area contributed by atoms with E-state index in [-0.39, 0.29) is 11.2 Å². The van der Waals surface area contributed by atoms with E-state index in [2.05, 4.69) is 22.2 Å². The van der Waals surface area contributed by atoms with E-state index in [9.17, 15) is 4.79 Å². The first kappa shape index (κ1) is 16.9. The SMILES string of the molecule is CSc1ccc(NC(=O)CS[C@@H](C)c2nc3ccccc3[nH]2)cc1. The molecule has 3 rings (SSSR count). The van der Waals surface area contributed by atoms with Gasteiger partial charge in [-0.05, 0) is 49.6 Å². The molecule has 1 heterocycles. The van der Waals surface area contributed by atoms with E-state index in [0.29, 0.717) is 5.75 Å². The third kappa shape index (κ3) is 4.13. The molecule has 0 unspecified atom stereocenters. The van der Waals surface area contributed by atoms with Crippen LogP contribution in [0.4, 0.5) is 5.69 Å². The number of aromatic nitrogens is 2. The molecule has 0 saturated heterocycles. The fourth-order valence-corrected chi connectivity index (χ4v) is 3.47. The minimum atomic E-state index is -0.000127. The molecule has 2 aromatic carbocycles. The number of aromatic amines is 1. The molecule has 24 heavy (non-hydrogen) atoms. The number of fused-ring (bicyclic) bond motifs is 1. The van der Waals surface area contributed by atoms with Crippen molar-refractivity contribution in [3.8, 4) is 0 Å². The minimum absolute atomic E-state index is 0.000127. The number of H-pyrrole nitrogens is 1. The van der Waals surface area contributed by atoms with Crippen molar-refractivity contribution in [1.29, 1.82) is 0 Å². The van der Waals surface area contributed by atoms with E-state index >= 15 is 0 Å². The lowest BCUT2D eigenvalue weighted by Crippen LogP contribution is -2.14. The Bertz CT molecular complexity index is 797. The van der Waals surface area contributed by atoms with Crippen molar-refractivity contribution in [1.82, 2.24) is 9.97 Å². The van der Waals surface area contributed by atoms with E-state index in [4.69, 9.17) is 0 Å². The first-order valence-electron chi connectivity index (χ1n) is 7.66. The molecule has 0 aliphatic carbocycles. The van der Waals surface area contributed by atoms with Crippen molar-refractivity contribution in [2.24, 2.45) is 0 Å².